The zero-order valence-corrected chi connectivity index (χ0v) is 8.97. The van der Waals surface area contributed by atoms with Crippen LogP contribution in [0.25, 0.3) is 11.1 Å². The summed E-state index contributed by atoms with van der Waals surface area (Å²) in [6, 6.07) is 11.6. The highest BCUT2D eigenvalue weighted by atomic mass is 16.1. The van der Waals surface area contributed by atoms with Crippen molar-refractivity contribution in [1.29, 1.82) is 0 Å². The van der Waals surface area contributed by atoms with Gasteiger partial charge >= 0.3 is 0 Å². The summed E-state index contributed by atoms with van der Waals surface area (Å²) in [6.45, 7) is 1.50. The second-order valence-electron chi connectivity index (χ2n) is 3.50. The number of amides is 1. The van der Waals surface area contributed by atoms with E-state index in [1.54, 1.807) is 6.20 Å². The second-order valence-corrected chi connectivity index (χ2v) is 3.50. The zero-order chi connectivity index (χ0) is 11.4. The van der Waals surface area contributed by atoms with Gasteiger partial charge < -0.3 is 5.32 Å². The van der Waals surface area contributed by atoms with Crippen LogP contribution in [-0.4, -0.2) is 10.9 Å². The molecule has 1 aromatic carbocycles. The highest BCUT2D eigenvalue weighted by molar-refractivity contribution is 5.88. The molecule has 16 heavy (non-hydrogen) atoms. The Labute approximate surface area is 94.1 Å². The van der Waals surface area contributed by atoms with Gasteiger partial charge in [-0.05, 0) is 29.3 Å². The molecule has 0 aliphatic heterocycles. The minimum absolute atomic E-state index is 0.0610. The van der Waals surface area contributed by atoms with Gasteiger partial charge in [0.25, 0.3) is 0 Å². The van der Waals surface area contributed by atoms with E-state index in [2.05, 4.69) is 10.3 Å². The Bertz CT molecular complexity index is 477. The normalized spacial score (nSPS) is 9.81. The van der Waals surface area contributed by atoms with Gasteiger partial charge in [-0.15, -0.1) is 0 Å². The van der Waals surface area contributed by atoms with Crippen LogP contribution in [0.15, 0.2) is 48.8 Å². The van der Waals surface area contributed by atoms with Crippen molar-refractivity contribution >= 4 is 11.6 Å². The summed E-state index contributed by atoms with van der Waals surface area (Å²) in [4.78, 5) is 14.9. The predicted molar refractivity (Wildman–Crippen MR) is 64.0 cm³/mol. The van der Waals surface area contributed by atoms with Crippen LogP contribution in [0.4, 0.5) is 5.69 Å². The first-order valence-corrected chi connectivity index (χ1v) is 5.04. The number of aromatic nitrogens is 1. The average Bonchev–Trinajstić information content (AvgIpc) is 2.30. The lowest BCUT2D eigenvalue weighted by Crippen LogP contribution is -2.05. The highest BCUT2D eigenvalue weighted by Gasteiger charge is 1.98. The summed E-state index contributed by atoms with van der Waals surface area (Å²) in [6.07, 6.45) is 3.56. The standard InChI is InChI=1S/C13H12N2O/c1-10(16)15-13-6-4-11(5-7-13)12-3-2-8-14-9-12/h2-9H,1H3,(H,15,16). The number of rotatable bonds is 2. The summed E-state index contributed by atoms with van der Waals surface area (Å²) < 4.78 is 0. The van der Waals surface area contributed by atoms with Crippen molar-refractivity contribution in [2.75, 3.05) is 5.32 Å². The first-order chi connectivity index (χ1) is 7.75. The topological polar surface area (TPSA) is 42.0 Å². The van der Waals surface area contributed by atoms with Crippen LogP contribution in [0.5, 0.6) is 0 Å². The minimum Gasteiger partial charge on any atom is -0.326 e. The molecule has 1 N–H and O–H groups in total. The lowest BCUT2D eigenvalue weighted by molar-refractivity contribution is -0.114. The number of carbonyl (C=O) groups is 1. The van der Waals surface area contributed by atoms with E-state index in [0.29, 0.717) is 0 Å². The van der Waals surface area contributed by atoms with E-state index in [0.717, 1.165) is 16.8 Å². The van der Waals surface area contributed by atoms with Crippen LogP contribution in [-0.2, 0) is 4.79 Å². The maximum Gasteiger partial charge on any atom is 0.221 e. The molecule has 3 nitrogen and oxygen atoms in total. The Morgan fingerprint density at radius 1 is 1.12 bits per heavy atom. The molecule has 80 valence electrons. The molecule has 0 atom stereocenters. The molecule has 1 heterocycles. The zero-order valence-electron chi connectivity index (χ0n) is 8.97. The average molecular weight is 212 g/mol. The van der Waals surface area contributed by atoms with Gasteiger partial charge in [-0.1, -0.05) is 18.2 Å². The van der Waals surface area contributed by atoms with Gasteiger partial charge in [0, 0.05) is 25.0 Å². The second kappa shape index (κ2) is 4.57. The van der Waals surface area contributed by atoms with Crippen LogP contribution in [0, 0.1) is 0 Å². The Morgan fingerprint density at radius 3 is 2.44 bits per heavy atom. The molecule has 0 aliphatic rings. The van der Waals surface area contributed by atoms with Crippen molar-refractivity contribution in [1.82, 2.24) is 4.98 Å². The Balaban J connectivity index is 2.23. The predicted octanol–water partition coefficient (Wildman–Crippen LogP) is 2.71. The quantitative estimate of drug-likeness (QED) is 0.831. The molecule has 3 heteroatoms. The fourth-order valence-corrected chi connectivity index (χ4v) is 1.48. The molecule has 0 saturated heterocycles. The molecule has 1 amide bonds. The third kappa shape index (κ3) is 2.45. The van der Waals surface area contributed by atoms with E-state index in [1.807, 2.05) is 42.6 Å². The van der Waals surface area contributed by atoms with Crippen LogP contribution in [0.2, 0.25) is 0 Å². The first-order valence-electron chi connectivity index (χ1n) is 5.04. The Kier molecular flexibility index (Phi) is 2.96. The van der Waals surface area contributed by atoms with Crippen molar-refractivity contribution in [3.05, 3.63) is 48.8 Å². The number of nitrogens with one attached hydrogen (secondary N) is 1. The number of hydrogen-bond donors (Lipinski definition) is 1. The molecule has 0 fully saturated rings. The molecule has 0 unspecified atom stereocenters. The van der Waals surface area contributed by atoms with Gasteiger partial charge in [-0.3, -0.25) is 9.78 Å². The highest BCUT2D eigenvalue weighted by Crippen LogP contribution is 2.20. The lowest BCUT2D eigenvalue weighted by Gasteiger charge is -2.04. The van der Waals surface area contributed by atoms with Crippen molar-refractivity contribution in [2.45, 2.75) is 6.92 Å². The monoisotopic (exact) mass is 212 g/mol. The minimum atomic E-state index is -0.0610. The fourth-order valence-electron chi connectivity index (χ4n) is 1.48. The number of nitrogens with zero attached hydrogens (tertiary/aromatic N) is 1. The molecule has 0 aliphatic carbocycles. The molecule has 0 radical (unpaired) electrons. The van der Waals surface area contributed by atoms with Gasteiger partial charge in [-0.25, -0.2) is 0 Å². The first kappa shape index (κ1) is 10.4. The summed E-state index contributed by atoms with van der Waals surface area (Å²) in [5, 5.41) is 2.73. The summed E-state index contributed by atoms with van der Waals surface area (Å²) in [5.74, 6) is -0.0610. The van der Waals surface area contributed by atoms with Crippen LogP contribution in [0.3, 0.4) is 0 Å². The molecule has 2 rings (SSSR count). The SMILES string of the molecule is CC(=O)Nc1ccc(-c2cccnc2)cc1. The Morgan fingerprint density at radius 2 is 1.88 bits per heavy atom. The third-order valence-electron chi connectivity index (χ3n) is 2.20. The maximum absolute atomic E-state index is 10.8. The lowest BCUT2D eigenvalue weighted by atomic mass is 10.1. The number of carbonyl (C=O) groups excluding carboxylic acids is 1. The van der Waals surface area contributed by atoms with E-state index in [4.69, 9.17) is 0 Å². The van der Waals surface area contributed by atoms with E-state index >= 15 is 0 Å². The third-order valence-corrected chi connectivity index (χ3v) is 2.20. The van der Waals surface area contributed by atoms with Gasteiger partial charge in [0.05, 0.1) is 0 Å². The van der Waals surface area contributed by atoms with Crippen LogP contribution >= 0.6 is 0 Å². The number of hydrogen-bond acceptors (Lipinski definition) is 2. The van der Waals surface area contributed by atoms with E-state index in [-0.39, 0.29) is 5.91 Å². The molecule has 0 spiro atoms. The molecular weight excluding hydrogens is 200 g/mol. The molecule has 1 aromatic heterocycles. The fraction of sp³-hybridized carbons (Fsp3) is 0.0769. The molecular formula is C13H12N2O. The van der Waals surface area contributed by atoms with E-state index < -0.39 is 0 Å². The van der Waals surface area contributed by atoms with E-state index in [1.165, 1.54) is 6.92 Å². The van der Waals surface area contributed by atoms with Gasteiger partial charge in [-0.2, -0.15) is 0 Å². The smallest absolute Gasteiger partial charge is 0.221 e. The largest absolute Gasteiger partial charge is 0.326 e. The Hall–Kier alpha value is -2.16. The van der Waals surface area contributed by atoms with E-state index in [9.17, 15) is 4.79 Å². The molecule has 2 aromatic rings. The number of pyridine rings is 1. The van der Waals surface area contributed by atoms with Gasteiger partial charge in [0.1, 0.15) is 0 Å². The summed E-state index contributed by atoms with van der Waals surface area (Å²) in [7, 11) is 0. The van der Waals surface area contributed by atoms with Gasteiger partial charge in [0.15, 0.2) is 0 Å². The molecule has 0 bridgehead atoms. The van der Waals surface area contributed by atoms with Crippen molar-refractivity contribution in [3.8, 4) is 11.1 Å². The maximum atomic E-state index is 10.8. The summed E-state index contributed by atoms with van der Waals surface area (Å²) >= 11 is 0. The van der Waals surface area contributed by atoms with Gasteiger partial charge in [0.2, 0.25) is 5.91 Å². The van der Waals surface area contributed by atoms with Crippen molar-refractivity contribution in [2.24, 2.45) is 0 Å². The number of anilines is 1. The van der Waals surface area contributed by atoms with Crippen molar-refractivity contribution < 1.29 is 4.79 Å². The van der Waals surface area contributed by atoms with Crippen molar-refractivity contribution in [3.63, 3.8) is 0 Å². The van der Waals surface area contributed by atoms with Crippen LogP contribution < -0.4 is 5.32 Å². The van der Waals surface area contributed by atoms with Crippen LogP contribution in [0.1, 0.15) is 6.92 Å². The summed E-state index contributed by atoms with van der Waals surface area (Å²) in [5.41, 5.74) is 2.96. The number of benzene rings is 1. The molecule has 0 saturated carbocycles.